The van der Waals surface area contributed by atoms with Gasteiger partial charge in [0.1, 0.15) is 5.60 Å². The molecule has 1 saturated heterocycles. The highest BCUT2D eigenvalue weighted by molar-refractivity contribution is 8.00. The number of piperidine rings is 1. The van der Waals surface area contributed by atoms with Crippen molar-refractivity contribution in [1.29, 1.82) is 0 Å². The summed E-state index contributed by atoms with van der Waals surface area (Å²) in [5, 5.41) is 8.84. The monoisotopic (exact) mass is 275 g/mol. The Morgan fingerprint density at radius 1 is 1.44 bits per heavy atom. The molecule has 0 radical (unpaired) electrons. The van der Waals surface area contributed by atoms with Crippen molar-refractivity contribution in [3.05, 3.63) is 0 Å². The largest absolute Gasteiger partial charge is 0.481 e. The third kappa shape index (κ3) is 5.62. The number of carbonyl (C=O) groups excluding carboxylic acids is 1. The Balaban J connectivity index is 2.43. The summed E-state index contributed by atoms with van der Waals surface area (Å²) < 4.78 is 5.31. The minimum Gasteiger partial charge on any atom is -0.481 e. The van der Waals surface area contributed by atoms with Crippen LogP contribution in [0.25, 0.3) is 0 Å². The standard InChI is InChI=1S/C12H21NO4S/c1-12(2,3)17-11(16)13-6-4-5-9(7-13)18-8-10(14)15/h9H,4-8H2,1-3H3,(H,14,15)/t9-/m1/s1. The number of carboxylic acid groups (broad SMARTS) is 1. The van der Waals surface area contributed by atoms with Gasteiger partial charge in [-0.05, 0) is 33.6 Å². The molecule has 1 rings (SSSR count). The Labute approximate surface area is 112 Å². The molecule has 0 spiro atoms. The summed E-state index contributed by atoms with van der Waals surface area (Å²) >= 11 is 1.40. The van der Waals surface area contributed by atoms with Crippen molar-refractivity contribution in [2.45, 2.75) is 44.5 Å². The van der Waals surface area contributed by atoms with Crippen molar-refractivity contribution >= 4 is 23.8 Å². The molecule has 0 unspecified atom stereocenters. The van der Waals surface area contributed by atoms with Crippen LogP contribution < -0.4 is 0 Å². The molecule has 6 heteroatoms. The van der Waals surface area contributed by atoms with Gasteiger partial charge in [-0.2, -0.15) is 0 Å². The maximum Gasteiger partial charge on any atom is 0.410 e. The Hall–Kier alpha value is -0.910. The van der Waals surface area contributed by atoms with Gasteiger partial charge in [0.05, 0.1) is 5.75 Å². The number of thioether (sulfide) groups is 1. The number of amides is 1. The lowest BCUT2D eigenvalue weighted by Crippen LogP contribution is -2.44. The zero-order valence-electron chi connectivity index (χ0n) is 11.1. The van der Waals surface area contributed by atoms with Crippen LogP contribution in [0.1, 0.15) is 33.6 Å². The van der Waals surface area contributed by atoms with E-state index < -0.39 is 11.6 Å². The molecule has 1 N–H and O–H groups in total. The lowest BCUT2D eigenvalue weighted by atomic mass is 10.1. The summed E-state index contributed by atoms with van der Waals surface area (Å²) in [5.74, 6) is -0.721. The molecule has 0 aromatic carbocycles. The zero-order chi connectivity index (χ0) is 13.8. The second-order valence-corrected chi connectivity index (χ2v) is 6.68. The topological polar surface area (TPSA) is 66.8 Å². The second kappa shape index (κ2) is 6.31. The number of hydrogen-bond acceptors (Lipinski definition) is 4. The molecule has 1 fully saturated rings. The maximum atomic E-state index is 11.9. The molecule has 1 atom stereocenters. The summed E-state index contributed by atoms with van der Waals surface area (Å²) in [5.41, 5.74) is -0.488. The highest BCUT2D eigenvalue weighted by Gasteiger charge is 2.27. The van der Waals surface area contributed by atoms with Gasteiger partial charge in [0.25, 0.3) is 0 Å². The SMILES string of the molecule is CC(C)(C)OC(=O)N1CCC[C@@H](SCC(=O)O)C1. The minimum absolute atomic E-state index is 0.0901. The van der Waals surface area contributed by atoms with E-state index in [2.05, 4.69) is 0 Å². The Morgan fingerprint density at radius 3 is 2.67 bits per heavy atom. The molecule has 1 amide bonds. The fourth-order valence-corrected chi connectivity index (χ4v) is 2.75. The van der Waals surface area contributed by atoms with Crippen molar-refractivity contribution in [3.63, 3.8) is 0 Å². The summed E-state index contributed by atoms with van der Waals surface area (Å²) in [7, 11) is 0. The van der Waals surface area contributed by atoms with Gasteiger partial charge >= 0.3 is 12.1 Å². The molecule has 1 heterocycles. The van der Waals surface area contributed by atoms with Crippen LogP contribution in [0.3, 0.4) is 0 Å². The van der Waals surface area contributed by atoms with Crippen molar-refractivity contribution in [3.8, 4) is 0 Å². The van der Waals surface area contributed by atoms with Gasteiger partial charge in [0, 0.05) is 18.3 Å². The fourth-order valence-electron chi connectivity index (χ4n) is 1.76. The van der Waals surface area contributed by atoms with Crippen LogP contribution in [0, 0.1) is 0 Å². The van der Waals surface area contributed by atoms with E-state index in [1.807, 2.05) is 20.8 Å². The van der Waals surface area contributed by atoms with E-state index >= 15 is 0 Å². The van der Waals surface area contributed by atoms with Gasteiger partial charge in [-0.1, -0.05) is 0 Å². The predicted octanol–water partition coefficient (Wildman–Crippen LogP) is 2.20. The summed E-state index contributed by atoms with van der Waals surface area (Å²) in [6, 6.07) is 0. The average Bonchev–Trinajstić information content (AvgIpc) is 2.24. The van der Waals surface area contributed by atoms with Crippen molar-refractivity contribution in [1.82, 2.24) is 4.90 Å². The number of likely N-dealkylation sites (tertiary alicyclic amines) is 1. The van der Waals surface area contributed by atoms with E-state index in [0.717, 1.165) is 12.8 Å². The molecule has 5 nitrogen and oxygen atoms in total. The fraction of sp³-hybridized carbons (Fsp3) is 0.833. The minimum atomic E-state index is -0.811. The number of nitrogens with zero attached hydrogens (tertiary/aromatic N) is 1. The lowest BCUT2D eigenvalue weighted by molar-refractivity contribution is -0.133. The van der Waals surface area contributed by atoms with E-state index in [4.69, 9.17) is 9.84 Å². The number of aliphatic carboxylic acids is 1. The average molecular weight is 275 g/mol. The zero-order valence-corrected chi connectivity index (χ0v) is 12.0. The van der Waals surface area contributed by atoms with Crippen molar-refractivity contribution in [2.24, 2.45) is 0 Å². The predicted molar refractivity (Wildman–Crippen MR) is 70.9 cm³/mol. The molecule has 18 heavy (non-hydrogen) atoms. The molecule has 1 aliphatic heterocycles. The molecule has 0 aliphatic carbocycles. The number of carbonyl (C=O) groups is 2. The summed E-state index contributed by atoms with van der Waals surface area (Å²) in [6.07, 6.45) is 1.55. The highest BCUT2D eigenvalue weighted by atomic mass is 32.2. The number of ether oxygens (including phenoxy) is 1. The molecule has 0 bridgehead atoms. The van der Waals surface area contributed by atoms with E-state index in [1.165, 1.54) is 11.8 Å². The van der Waals surface area contributed by atoms with E-state index in [1.54, 1.807) is 4.90 Å². The first kappa shape index (κ1) is 15.1. The first-order valence-corrected chi connectivity index (χ1v) is 7.14. The van der Waals surface area contributed by atoms with E-state index in [9.17, 15) is 9.59 Å². The molecule has 1 aliphatic rings. The first-order chi connectivity index (χ1) is 8.28. The summed E-state index contributed by atoms with van der Waals surface area (Å²) in [4.78, 5) is 24.1. The van der Waals surface area contributed by atoms with Gasteiger partial charge in [0.15, 0.2) is 0 Å². The van der Waals surface area contributed by atoms with E-state index in [-0.39, 0.29) is 17.1 Å². The van der Waals surface area contributed by atoms with Gasteiger partial charge in [-0.3, -0.25) is 4.79 Å². The number of hydrogen-bond donors (Lipinski definition) is 1. The summed E-state index contributed by atoms with van der Waals surface area (Å²) in [6.45, 7) is 6.79. The van der Waals surface area contributed by atoms with Crippen LogP contribution in [0.5, 0.6) is 0 Å². The third-order valence-corrected chi connectivity index (χ3v) is 3.74. The van der Waals surface area contributed by atoms with Gasteiger partial charge < -0.3 is 14.7 Å². The number of carboxylic acids is 1. The van der Waals surface area contributed by atoms with Crippen LogP contribution in [-0.4, -0.2) is 51.8 Å². The van der Waals surface area contributed by atoms with Gasteiger partial charge in [0.2, 0.25) is 0 Å². The maximum absolute atomic E-state index is 11.9. The second-order valence-electron chi connectivity index (χ2n) is 5.40. The molecule has 0 aromatic rings. The van der Waals surface area contributed by atoms with Crippen LogP contribution in [0.15, 0.2) is 0 Å². The highest BCUT2D eigenvalue weighted by Crippen LogP contribution is 2.23. The Bertz CT molecular complexity index is 314. The molecular formula is C12H21NO4S. The molecule has 0 aromatic heterocycles. The molecule has 104 valence electrons. The number of rotatable bonds is 3. The van der Waals surface area contributed by atoms with Crippen molar-refractivity contribution < 1.29 is 19.4 Å². The Morgan fingerprint density at radius 2 is 2.11 bits per heavy atom. The third-order valence-electron chi connectivity index (χ3n) is 2.47. The van der Waals surface area contributed by atoms with Crippen LogP contribution in [-0.2, 0) is 9.53 Å². The molecule has 0 saturated carbocycles. The quantitative estimate of drug-likeness (QED) is 0.855. The van der Waals surface area contributed by atoms with Crippen LogP contribution >= 0.6 is 11.8 Å². The van der Waals surface area contributed by atoms with Crippen LogP contribution in [0.4, 0.5) is 4.79 Å². The lowest BCUT2D eigenvalue weighted by Gasteiger charge is -2.33. The van der Waals surface area contributed by atoms with Gasteiger partial charge in [-0.25, -0.2) is 4.79 Å². The Kier molecular flexibility index (Phi) is 5.31. The van der Waals surface area contributed by atoms with Gasteiger partial charge in [-0.15, -0.1) is 11.8 Å². The smallest absolute Gasteiger partial charge is 0.410 e. The van der Waals surface area contributed by atoms with Crippen LogP contribution in [0.2, 0.25) is 0 Å². The first-order valence-electron chi connectivity index (χ1n) is 6.09. The van der Waals surface area contributed by atoms with Crippen molar-refractivity contribution in [2.75, 3.05) is 18.8 Å². The molecular weight excluding hydrogens is 254 g/mol. The normalized spacial score (nSPS) is 20.6. The van der Waals surface area contributed by atoms with E-state index in [0.29, 0.717) is 13.1 Å².